The molecule has 0 aliphatic carbocycles. The fourth-order valence-corrected chi connectivity index (χ4v) is 7.05. The van der Waals surface area contributed by atoms with Gasteiger partial charge in [-0.25, -0.2) is 0 Å². The maximum absolute atomic E-state index is 12.0. The molecule has 0 rings (SSSR count). The molecule has 0 aliphatic heterocycles. The van der Waals surface area contributed by atoms with Crippen LogP contribution in [0.5, 0.6) is 0 Å². The number of hydrogen-bond donors (Lipinski definition) is 1. The lowest BCUT2D eigenvalue weighted by molar-refractivity contribution is -0.143. The number of unbranched alkanes of at least 4 members (excludes halogenated alkanes) is 36. The molecule has 0 aromatic carbocycles. The standard InChI is InChI=1S/C46H90O3/c1-2-3-4-5-6-7-8-25-28-31-34-37-40-43-46(48)49-45-42-39-36-33-30-27-24-22-20-18-16-14-12-10-9-11-13-15-17-19-21-23-26-29-32-35-38-41-44-47/h7-8,47H,2-6,9-45H2,1H3/b8-7-. The van der Waals surface area contributed by atoms with Gasteiger partial charge >= 0.3 is 5.97 Å². The van der Waals surface area contributed by atoms with E-state index in [2.05, 4.69) is 19.1 Å². The fraction of sp³-hybridized carbons (Fsp3) is 0.935. The second-order valence-electron chi connectivity index (χ2n) is 15.5. The topological polar surface area (TPSA) is 46.5 Å². The molecule has 1 N–H and O–H groups in total. The molecule has 0 saturated carbocycles. The molecule has 292 valence electrons. The minimum absolute atomic E-state index is 0.0160. The van der Waals surface area contributed by atoms with Gasteiger partial charge in [0.15, 0.2) is 0 Å². The van der Waals surface area contributed by atoms with Crippen molar-refractivity contribution in [2.24, 2.45) is 0 Å². The van der Waals surface area contributed by atoms with E-state index in [1.807, 2.05) is 0 Å². The van der Waals surface area contributed by atoms with Crippen LogP contribution in [0.15, 0.2) is 12.2 Å². The lowest BCUT2D eigenvalue weighted by Crippen LogP contribution is -2.05. The van der Waals surface area contributed by atoms with Gasteiger partial charge in [-0.15, -0.1) is 0 Å². The Bertz CT molecular complexity index is 630. The third-order valence-electron chi connectivity index (χ3n) is 10.5. The highest BCUT2D eigenvalue weighted by atomic mass is 16.5. The average molecular weight is 691 g/mol. The number of ether oxygens (including phenoxy) is 1. The molecule has 0 spiro atoms. The van der Waals surface area contributed by atoms with Gasteiger partial charge in [0, 0.05) is 13.0 Å². The molecule has 0 saturated heterocycles. The second-order valence-corrected chi connectivity index (χ2v) is 15.5. The molecule has 0 fully saturated rings. The summed E-state index contributed by atoms with van der Waals surface area (Å²) in [7, 11) is 0. The first-order valence-corrected chi connectivity index (χ1v) is 22.7. The quantitative estimate of drug-likeness (QED) is 0.0393. The van der Waals surface area contributed by atoms with Gasteiger partial charge in [-0.3, -0.25) is 4.79 Å². The van der Waals surface area contributed by atoms with E-state index in [1.54, 1.807) is 0 Å². The summed E-state index contributed by atoms with van der Waals surface area (Å²) < 4.78 is 5.46. The number of allylic oxidation sites excluding steroid dienone is 2. The molecule has 0 unspecified atom stereocenters. The first-order chi connectivity index (χ1) is 24.3. The van der Waals surface area contributed by atoms with Crippen LogP contribution in [0.2, 0.25) is 0 Å². The molecule has 0 aliphatic rings. The van der Waals surface area contributed by atoms with E-state index in [1.165, 1.54) is 225 Å². The van der Waals surface area contributed by atoms with E-state index in [-0.39, 0.29) is 5.97 Å². The van der Waals surface area contributed by atoms with E-state index < -0.39 is 0 Å². The largest absolute Gasteiger partial charge is 0.466 e. The van der Waals surface area contributed by atoms with Crippen LogP contribution in [-0.4, -0.2) is 24.3 Å². The molecule has 0 bridgehead atoms. The van der Waals surface area contributed by atoms with Gasteiger partial charge in [0.2, 0.25) is 0 Å². The molecule has 3 heteroatoms. The summed E-state index contributed by atoms with van der Waals surface area (Å²) in [5.74, 6) is 0.0160. The SMILES string of the molecule is CCCCCC/C=C\CCCCCCCC(=O)OCCCCCCCCCCCCCCCCCCCCCCCCCCCCCCO. The molecule has 0 aromatic heterocycles. The Labute approximate surface area is 309 Å². The zero-order valence-electron chi connectivity index (χ0n) is 33.6. The summed E-state index contributed by atoms with van der Waals surface area (Å²) in [6.07, 6.45) is 57.7. The Morgan fingerprint density at radius 1 is 0.388 bits per heavy atom. The minimum Gasteiger partial charge on any atom is -0.466 e. The van der Waals surface area contributed by atoms with Crippen molar-refractivity contribution in [2.45, 2.75) is 264 Å². The summed E-state index contributed by atoms with van der Waals surface area (Å²) >= 11 is 0. The monoisotopic (exact) mass is 691 g/mol. The van der Waals surface area contributed by atoms with Crippen molar-refractivity contribution in [1.82, 2.24) is 0 Å². The highest BCUT2D eigenvalue weighted by Crippen LogP contribution is 2.17. The third-order valence-corrected chi connectivity index (χ3v) is 10.5. The molecule has 0 atom stereocenters. The Morgan fingerprint density at radius 3 is 1.02 bits per heavy atom. The van der Waals surface area contributed by atoms with Gasteiger partial charge in [-0.1, -0.05) is 225 Å². The van der Waals surface area contributed by atoms with E-state index >= 15 is 0 Å². The summed E-state index contributed by atoms with van der Waals surface area (Å²) in [5, 5.41) is 8.81. The second kappa shape index (κ2) is 45.2. The van der Waals surface area contributed by atoms with E-state index in [9.17, 15) is 4.79 Å². The molecule has 0 heterocycles. The van der Waals surface area contributed by atoms with Crippen molar-refractivity contribution in [2.75, 3.05) is 13.2 Å². The van der Waals surface area contributed by atoms with Gasteiger partial charge in [0.25, 0.3) is 0 Å². The van der Waals surface area contributed by atoms with Crippen LogP contribution in [-0.2, 0) is 9.53 Å². The minimum atomic E-state index is 0.0160. The van der Waals surface area contributed by atoms with Crippen LogP contribution >= 0.6 is 0 Å². The van der Waals surface area contributed by atoms with Crippen molar-refractivity contribution in [1.29, 1.82) is 0 Å². The predicted octanol–water partition coefficient (Wildman–Crippen LogP) is 15.7. The summed E-state index contributed by atoms with van der Waals surface area (Å²) in [4.78, 5) is 12.0. The number of carbonyl (C=O) groups is 1. The summed E-state index contributed by atoms with van der Waals surface area (Å²) in [6, 6.07) is 0. The van der Waals surface area contributed by atoms with Crippen molar-refractivity contribution in [3.05, 3.63) is 12.2 Å². The summed E-state index contributed by atoms with van der Waals surface area (Å²) in [6.45, 7) is 3.26. The summed E-state index contributed by atoms with van der Waals surface area (Å²) in [5.41, 5.74) is 0. The number of rotatable bonds is 43. The van der Waals surface area contributed by atoms with Gasteiger partial charge in [0.1, 0.15) is 0 Å². The van der Waals surface area contributed by atoms with Crippen LogP contribution in [0.4, 0.5) is 0 Å². The first-order valence-electron chi connectivity index (χ1n) is 22.7. The molecular weight excluding hydrogens is 601 g/mol. The molecular formula is C46H90O3. The predicted molar refractivity (Wildman–Crippen MR) is 218 cm³/mol. The van der Waals surface area contributed by atoms with Crippen LogP contribution in [0, 0.1) is 0 Å². The van der Waals surface area contributed by atoms with Crippen LogP contribution < -0.4 is 0 Å². The van der Waals surface area contributed by atoms with Crippen LogP contribution in [0.25, 0.3) is 0 Å². The number of esters is 1. The maximum atomic E-state index is 12.0. The van der Waals surface area contributed by atoms with Gasteiger partial charge < -0.3 is 9.84 Å². The molecule has 3 nitrogen and oxygen atoms in total. The maximum Gasteiger partial charge on any atom is 0.305 e. The van der Waals surface area contributed by atoms with Crippen molar-refractivity contribution < 1.29 is 14.6 Å². The van der Waals surface area contributed by atoms with Crippen LogP contribution in [0.1, 0.15) is 264 Å². The molecule has 0 amide bonds. The molecule has 0 aromatic rings. The van der Waals surface area contributed by atoms with Crippen molar-refractivity contribution >= 4 is 5.97 Å². The first kappa shape index (κ1) is 48.2. The van der Waals surface area contributed by atoms with E-state index in [0.717, 1.165) is 25.7 Å². The van der Waals surface area contributed by atoms with Crippen molar-refractivity contribution in [3.63, 3.8) is 0 Å². The zero-order chi connectivity index (χ0) is 35.4. The molecule has 49 heavy (non-hydrogen) atoms. The molecule has 0 radical (unpaired) electrons. The lowest BCUT2D eigenvalue weighted by atomic mass is 10.0. The third kappa shape index (κ3) is 45.1. The van der Waals surface area contributed by atoms with Crippen molar-refractivity contribution in [3.8, 4) is 0 Å². The average Bonchev–Trinajstić information content (AvgIpc) is 3.11. The Kier molecular flexibility index (Phi) is 44.4. The normalized spacial score (nSPS) is 11.6. The Balaban J connectivity index is 3.14. The Morgan fingerprint density at radius 2 is 0.673 bits per heavy atom. The number of aliphatic hydroxyl groups excluding tert-OH is 1. The van der Waals surface area contributed by atoms with Gasteiger partial charge in [-0.05, 0) is 44.9 Å². The number of aliphatic hydroxyl groups is 1. The highest BCUT2D eigenvalue weighted by molar-refractivity contribution is 5.69. The van der Waals surface area contributed by atoms with Crippen LogP contribution in [0.3, 0.4) is 0 Å². The fourth-order valence-electron chi connectivity index (χ4n) is 7.05. The Hall–Kier alpha value is -0.830. The number of hydrogen-bond acceptors (Lipinski definition) is 3. The lowest BCUT2D eigenvalue weighted by Gasteiger charge is -2.06. The van der Waals surface area contributed by atoms with Gasteiger partial charge in [0.05, 0.1) is 6.61 Å². The van der Waals surface area contributed by atoms with E-state index in [4.69, 9.17) is 9.84 Å². The number of carbonyl (C=O) groups excluding carboxylic acids is 1. The zero-order valence-corrected chi connectivity index (χ0v) is 33.6. The van der Waals surface area contributed by atoms with Gasteiger partial charge in [-0.2, -0.15) is 0 Å². The van der Waals surface area contributed by atoms with E-state index in [0.29, 0.717) is 19.6 Å². The highest BCUT2D eigenvalue weighted by Gasteiger charge is 2.03. The smallest absolute Gasteiger partial charge is 0.305 e.